The molecule has 0 spiro atoms. The molecule has 1 aliphatic rings. The Kier molecular flexibility index (Phi) is 5.78. The molecule has 2 aromatic rings. The fraction of sp³-hybridized carbons (Fsp3) is 0.450. The van der Waals surface area contributed by atoms with Crippen LogP contribution in [0.15, 0.2) is 30.3 Å². The van der Waals surface area contributed by atoms with Crippen molar-refractivity contribution < 1.29 is 19.1 Å². The molecule has 1 aromatic heterocycles. The van der Waals surface area contributed by atoms with Gasteiger partial charge in [-0.05, 0) is 38.0 Å². The lowest BCUT2D eigenvalue weighted by Crippen LogP contribution is -2.43. The Morgan fingerprint density at radius 3 is 2.81 bits per heavy atom. The topological polar surface area (TPSA) is 73.7 Å². The summed E-state index contributed by atoms with van der Waals surface area (Å²) in [5.74, 6) is 0.0920. The fourth-order valence-corrected chi connectivity index (χ4v) is 3.43. The minimum Gasteiger partial charge on any atom is -0.496 e. The number of hydrogen-bond acceptors (Lipinski definition) is 5. The molecule has 0 radical (unpaired) electrons. The smallest absolute Gasteiger partial charge is 0.310 e. The van der Waals surface area contributed by atoms with E-state index in [4.69, 9.17) is 9.47 Å². The summed E-state index contributed by atoms with van der Waals surface area (Å²) in [6.45, 7) is 3.16. The number of carbonyl (C=O) groups excluding carboxylic acids is 2. The predicted octanol–water partition coefficient (Wildman–Crippen LogP) is 2.51. The third-order valence-electron chi connectivity index (χ3n) is 4.81. The highest BCUT2D eigenvalue weighted by Gasteiger charge is 2.31. The number of aryl methyl sites for hydroxylation is 1. The molecule has 7 nitrogen and oxygen atoms in total. The number of methoxy groups -OCH3 is 1. The van der Waals surface area contributed by atoms with E-state index in [2.05, 4.69) is 5.10 Å². The van der Waals surface area contributed by atoms with Gasteiger partial charge in [0.05, 0.1) is 25.3 Å². The third kappa shape index (κ3) is 3.97. The standard InChI is InChI=1S/C20H25N3O4/c1-4-27-20(25)14-8-7-11-23(13-14)19(24)17-12-16(21-22(17)2)15-9-5-6-10-18(15)26-3/h5-6,9-10,12,14H,4,7-8,11,13H2,1-3H3. The first-order valence-electron chi connectivity index (χ1n) is 9.18. The van der Waals surface area contributed by atoms with Crippen LogP contribution in [0.4, 0.5) is 0 Å². The van der Waals surface area contributed by atoms with E-state index >= 15 is 0 Å². The number of rotatable bonds is 5. The molecule has 1 unspecified atom stereocenters. The number of likely N-dealkylation sites (tertiary alicyclic amines) is 1. The lowest BCUT2D eigenvalue weighted by Gasteiger charge is -2.31. The van der Waals surface area contributed by atoms with Gasteiger partial charge in [0.25, 0.3) is 5.91 Å². The second kappa shape index (κ2) is 8.24. The zero-order valence-electron chi connectivity index (χ0n) is 16.0. The van der Waals surface area contributed by atoms with Crippen molar-refractivity contribution in [1.29, 1.82) is 0 Å². The van der Waals surface area contributed by atoms with Gasteiger partial charge in [-0.2, -0.15) is 5.10 Å². The first-order valence-corrected chi connectivity index (χ1v) is 9.18. The lowest BCUT2D eigenvalue weighted by atomic mass is 9.98. The van der Waals surface area contributed by atoms with Crippen LogP contribution in [0.1, 0.15) is 30.3 Å². The molecule has 1 atom stereocenters. The largest absolute Gasteiger partial charge is 0.496 e. The van der Waals surface area contributed by atoms with Crippen LogP contribution in [0, 0.1) is 5.92 Å². The van der Waals surface area contributed by atoms with E-state index in [1.807, 2.05) is 24.3 Å². The second-order valence-electron chi connectivity index (χ2n) is 6.58. The Morgan fingerprint density at radius 2 is 2.07 bits per heavy atom. The SMILES string of the molecule is CCOC(=O)C1CCCN(C(=O)c2cc(-c3ccccc3OC)nn2C)C1. The number of amides is 1. The Labute approximate surface area is 158 Å². The van der Waals surface area contributed by atoms with Gasteiger partial charge in [0, 0.05) is 25.7 Å². The first kappa shape index (κ1) is 18.9. The number of esters is 1. The van der Waals surface area contributed by atoms with Gasteiger partial charge in [-0.3, -0.25) is 14.3 Å². The molecule has 27 heavy (non-hydrogen) atoms. The maximum atomic E-state index is 13.0. The van der Waals surface area contributed by atoms with E-state index in [1.54, 1.807) is 36.7 Å². The molecular weight excluding hydrogens is 346 g/mol. The molecule has 0 aliphatic carbocycles. The first-order chi connectivity index (χ1) is 13.0. The number of piperidine rings is 1. The number of aromatic nitrogens is 2. The molecule has 1 fully saturated rings. The van der Waals surface area contributed by atoms with Gasteiger partial charge >= 0.3 is 5.97 Å². The van der Waals surface area contributed by atoms with Crippen LogP contribution in [0.25, 0.3) is 11.3 Å². The molecule has 1 amide bonds. The van der Waals surface area contributed by atoms with Crippen LogP contribution in [-0.4, -0.2) is 53.4 Å². The number of hydrogen-bond donors (Lipinski definition) is 0. The molecular formula is C20H25N3O4. The highest BCUT2D eigenvalue weighted by atomic mass is 16.5. The molecule has 0 N–H and O–H groups in total. The summed E-state index contributed by atoms with van der Waals surface area (Å²) >= 11 is 0. The number of ether oxygens (including phenoxy) is 2. The van der Waals surface area contributed by atoms with Gasteiger partial charge in [-0.15, -0.1) is 0 Å². The second-order valence-corrected chi connectivity index (χ2v) is 6.58. The molecule has 2 heterocycles. The number of carbonyl (C=O) groups is 2. The Morgan fingerprint density at radius 1 is 1.30 bits per heavy atom. The summed E-state index contributed by atoms with van der Waals surface area (Å²) in [7, 11) is 3.36. The van der Waals surface area contributed by atoms with Gasteiger partial charge in [-0.25, -0.2) is 0 Å². The summed E-state index contributed by atoms with van der Waals surface area (Å²) in [5.41, 5.74) is 2.00. The molecule has 0 bridgehead atoms. The summed E-state index contributed by atoms with van der Waals surface area (Å²) < 4.78 is 12.1. The Balaban J connectivity index is 1.81. The molecule has 0 saturated carbocycles. The maximum Gasteiger partial charge on any atom is 0.310 e. The van der Waals surface area contributed by atoms with E-state index in [9.17, 15) is 9.59 Å². The predicted molar refractivity (Wildman–Crippen MR) is 100 cm³/mol. The Hall–Kier alpha value is -2.83. The van der Waals surface area contributed by atoms with Crippen molar-refractivity contribution in [3.05, 3.63) is 36.0 Å². The van der Waals surface area contributed by atoms with Crippen LogP contribution in [0.5, 0.6) is 5.75 Å². The van der Waals surface area contributed by atoms with Crippen molar-refractivity contribution >= 4 is 11.9 Å². The number of benzene rings is 1. The monoisotopic (exact) mass is 371 g/mol. The van der Waals surface area contributed by atoms with Gasteiger partial charge < -0.3 is 14.4 Å². The summed E-state index contributed by atoms with van der Waals surface area (Å²) in [6, 6.07) is 9.34. The molecule has 1 saturated heterocycles. The summed E-state index contributed by atoms with van der Waals surface area (Å²) in [4.78, 5) is 26.8. The van der Waals surface area contributed by atoms with E-state index in [-0.39, 0.29) is 17.8 Å². The van der Waals surface area contributed by atoms with Gasteiger partial charge in [-0.1, -0.05) is 12.1 Å². The summed E-state index contributed by atoms with van der Waals surface area (Å²) in [6.07, 6.45) is 1.53. The highest BCUT2D eigenvalue weighted by Crippen LogP contribution is 2.29. The van der Waals surface area contributed by atoms with Crippen molar-refractivity contribution in [1.82, 2.24) is 14.7 Å². The van der Waals surface area contributed by atoms with Crippen molar-refractivity contribution in [3.63, 3.8) is 0 Å². The van der Waals surface area contributed by atoms with Crippen molar-refractivity contribution in [3.8, 4) is 17.0 Å². The maximum absolute atomic E-state index is 13.0. The minimum absolute atomic E-state index is 0.125. The van der Waals surface area contributed by atoms with E-state index in [0.717, 1.165) is 18.4 Å². The fourth-order valence-electron chi connectivity index (χ4n) is 3.43. The van der Waals surface area contributed by atoms with Crippen molar-refractivity contribution in [2.45, 2.75) is 19.8 Å². The molecule has 7 heteroatoms. The minimum atomic E-state index is -0.260. The Bertz CT molecular complexity index is 830. The zero-order valence-corrected chi connectivity index (χ0v) is 16.0. The van der Waals surface area contributed by atoms with Crippen LogP contribution in [-0.2, 0) is 16.6 Å². The average Bonchev–Trinajstić information content (AvgIpc) is 3.09. The lowest BCUT2D eigenvalue weighted by molar-refractivity contribution is -0.149. The third-order valence-corrected chi connectivity index (χ3v) is 4.81. The van der Waals surface area contributed by atoms with Gasteiger partial charge in [0.15, 0.2) is 0 Å². The molecule has 1 aromatic carbocycles. The van der Waals surface area contributed by atoms with Crippen LogP contribution in [0.2, 0.25) is 0 Å². The number of para-hydroxylation sites is 1. The summed E-state index contributed by atoms with van der Waals surface area (Å²) in [5, 5.41) is 4.49. The average molecular weight is 371 g/mol. The molecule has 144 valence electrons. The normalized spacial score (nSPS) is 16.9. The number of nitrogens with zero attached hydrogens (tertiary/aromatic N) is 3. The quantitative estimate of drug-likeness (QED) is 0.755. The zero-order chi connectivity index (χ0) is 19.4. The van der Waals surface area contributed by atoms with Gasteiger partial charge in [0.2, 0.25) is 0 Å². The van der Waals surface area contributed by atoms with E-state index < -0.39 is 0 Å². The molecule has 1 aliphatic heterocycles. The van der Waals surface area contributed by atoms with Crippen LogP contribution >= 0.6 is 0 Å². The van der Waals surface area contributed by atoms with Crippen LogP contribution < -0.4 is 4.74 Å². The van der Waals surface area contributed by atoms with Crippen LogP contribution in [0.3, 0.4) is 0 Å². The van der Waals surface area contributed by atoms with Crippen molar-refractivity contribution in [2.75, 3.05) is 26.8 Å². The van der Waals surface area contributed by atoms with Gasteiger partial charge in [0.1, 0.15) is 11.4 Å². The van der Waals surface area contributed by atoms with Crippen molar-refractivity contribution in [2.24, 2.45) is 13.0 Å². The van der Waals surface area contributed by atoms with E-state index in [1.165, 1.54) is 0 Å². The highest BCUT2D eigenvalue weighted by molar-refractivity contribution is 5.94. The van der Waals surface area contributed by atoms with E-state index in [0.29, 0.717) is 36.8 Å². The molecule has 3 rings (SSSR count).